The summed E-state index contributed by atoms with van der Waals surface area (Å²) >= 11 is 5.71. The van der Waals surface area contributed by atoms with Gasteiger partial charge in [-0.3, -0.25) is 0 Å². The molecule has 0 aromatic heterocycles. The maximum Gasteiger partial charge on any atom is 0.0800 e. The molecular weight excluding hydrogens is 220 g/mol. The minimum absolute atomic E-state index is 0.255. The average Bonchev–Trinajstić information content (AvgIpc) is 2.63. The third kappa shape index (κ3) is 5.00. The Kier molecular flexibility index (Phi) is 5.86. The molecule has 0 spiro atoms. The van der Waals surface area contributed by atoms with E-state index in [9.17, 15) is 0 Å². The van der Waals surface area contributed by atoms with Crippen LogP contribution in [-0.2, 0) is 4.74 Å². The minimum Gasteiger partial charge on any atom is -0.369 e. The lowest BCUT2D eigenvalue weighted by Gasteiger charge is -2.05. The molecule has 0 aromatic carbocycles. The molecule has 0 bridgehead atoms. The Hall–Kier alpha value is -0.530. The van der Waals surface area contributed by atoms with Crippen molar-refractivity contribution < 1.29 is 4.74 Å². The van der Waals surface area contributed by atoms with E-state index in [2.05, 4.69) is 32.6 Å². The van der Waals surface area contributed by atoms with Gasteiger partial charge in [-0.2, -0.15) is 0 Å². The molecule has 1 aliphatic rings. The Balaban J connectivity index is 2.31. The quantitative estimate of drug-likeness (QED) is 0.516. The van der Waals surface area contributed by atoms with Gasteiger partial charge in [0.15, 0.2) is 0 Å². The molecular formula is C14H21ClO. The van der Waals surface area contributed by atoms with Gasteiger partial charge in [0, 0.05) is 12.3 Å². The van der Waals surface area contributed by atoms with Gasteiger partial charge in [-0.1, -0.05) is 29.9 Å². The molecule has 0 N–H and O–H groups in total. The summed E-state index contributed by atoms with van der Waals surface area (Å²) in [7, 11) is 0. The zero-order valence-electron chi connectivity index (χ0n) is 10.3. The fourth-order valence-corrected chi connectivity index (χ4v) is 1.84. The Labute approximate surface area is 104 Å². The van der Waals surface area contributed by atoms with Gasteiger partial charge < -0.3 is 4.74 Å². The molecule has 1 fully saturated rings. The van der Waals surface area contributed by atoms with E-state index in [1.165, 1.54) is 16.7 Å². The molecule has 1 atom stereocenters. The molecule has 16 heavy (non-hydrogen) atoms. The Bertz CT molecular complexity index is 302. The second kappa shape index (κ2) is 6.93. The molecule has 1 saturated heterocycles. The summed E-state index contributed by atoms with van der Waals surface area (Å²) in [6, 6.07) is 0. The van der Waals surface area contributed by atoms with E-state index in [1.807, 2.05) is 0 Å². The van der Waals surface area contributed by atoms with E-state index >= 15 is 0 Å². The number of rotatable bonds is 5. The fraction of sp³-hybridized carbons (Fsp3) is 0.571. The molecule has 1 aliphatic heterocycles. The lowest BCUT2D eigenvalue weighted by Crippen LogP contribution is -2.00. The van der Waals surface area contributed by atoms with Gasteiger partial charge in [0.2, 0.25) is 0 Å². The maximum atomic E-state index is 5.71. The highest BCUT2D eigenvalue weighted by atomic mass is 35.5. The van der Waals surface area contributed by atoms with Crippen LogP contribution in [0.2, 0.25) is 0 Å². The molecule has 90 valence electrons. The largest absolute Gasteiger partial charge is 0.369 e. The van der Waals surface area contributed by atoms with Gasteiger partial charge in [0.25, 0.3) is 0 Å². The highest BCUT2D eigenvalue weighted by molar-refractivity contribution is 6.19. The predicted molar refractivity (Wildman–Crippen MR) is 71.0 cm³/mol. The predicted octanol–water partition coefficient (Wildman–Crippen LogP) is 4.24. The van der Waals surface area contributed by atoms with Crippen LogP contribution in [0.5, 0.6) is 0 Å². The highest BCUT2D eigenvalue weighted by Gasteiger charge is 2.15. The van der Waals surface area contributed by atoms with Crippen molar-refractivity contribution in [1.82, 2.24) is 0 Å². The maximum absolute atomic E-state index is 5.71. The molecule has 1 nitrogen and oxygen atoms in total. The SMILES string of the molecule is C=C1CO[C@H](/C=C(\C)CC/C=C(/C)CCl)C1. The Morgan fingerprint density at radius 2 is 2.25 bits per heavy atom. The summed E-state index contributed by atoms with van der Waals surface area (Å²) in [4.78, 5) is 0. The van der Waals surface area contributed by atoms with Gasteiger partial charge in [0.05, 0.1) is 12.7 Å². The molecule has 0 saturated carbocycles. The van der Waals surface area contributed by atoms with Crippen LogP contribution in [0.4, 0.5) is 0 Å². The van der Waals surface area contributed by atoms with E-state index in [-0.39, 0.29) is 6.10 Å². The lowest BCUT2D eigenvalue weighted by molar-refractivity contribution is 0.149. The zero-order chi connectivity index (χ0) is 12.0. The van der Waals surface area contributed by atoms with Gasteiger partial charge in [0.1, 0.15) is 0 Å². The first-order valence-electron chi connectivity index (χ1n) is 5.79. The molecule has 1 rings (SSSR count). The van der Waals surface area contributed by atoms with Gasteiger partial charge in [-0.05, 0) is 32.3 Å². The number of alkyl halides is 1. The fourth-order valence-electron chi connectivity index (χ4n) is 1.74. The van der Waals surface area contributed by atoms with Crippen LogP contribution in [0.1, 0.15) is 33.1 Å². The van der Waals surface area contributed by atoms with Crippen LogP contribution in [0.15, 0.2) is 35.5 Å². The van der Waals surface area contributed by atoms with Gasteiger partial charge in [-0.15, -0.1) is 11.6 Å². The number of hydrogen-bond donors (Lipinski definition) is 0. The van der Waals surface area contributed by atoms with Gasteiger partial charge >= 0.3 is 0 Å². The number of halogens is 1. The monoisotopic (exact) mass is 240 g/mol. The summed E-state index contributed by atoms with van der Waals surface area (Å²) in [6.07, 6.45) is 7.81. The lowest BCUT2D eigenvalue weighted by atomic mass is 10.1. The van der Waals surface area contributed by atoms with Crippen LogP contribution in [0, 0.1) is 0 Å². The topological polar surface area (TPSA) is 9.23 Å². The smallest absolute Gasteiger partial charge is 0.0800 e. The average molecular weight is 241 g/mol. The van der Waals surface area contributed by atoms with Crippen LogP contribution < -0.4 is 0 Å². The molecule has 0 amide bonds. The highest BCUT2D eigenvalue weighted by Crippen LogP contribution is 2.20. The molecule has 0 radical (unpaired) electrons. The number of allylic oxidation sites excluding steroid dienone is 3. The van der Waals surface area contributed by atoms with Crippen molar-refractivity contribution in [2.24, 2.45) is 0 Å². The minimum atomic E-state index is 0.255. The molecule has 1 heterocycles. The number of ether oxygens (including phenoxy) is 1. The summed E-state index contributed by atoms with van der Waals surface area (Å²) < 4.78 is 5.57. The first kappa shape index (κ1) is 13.5. The Morgan fingerprint density at radius 3 is 2.81 bits per heavy atom. The summed E-state index contributed by atoms with van der Waals surface area (Å²) in [5.41, 5.74) is 3.84. The molecule has 0 unspecified atom stereocenters. The first-order valence-corrected chi connectivity index (χ1v) is 6.32. The van der Waals surface area contributed by atoms with Crippen LogP contribution in [0.3, 0.4) is 0 Å². The van der Waals surface area contributed by atoms with Crippen LogP contribution in [-0.4, -0.2) is 18.6 Å². The summed E-state index contributed by atoms with van der Waals surface area (Å²) in [5.74, 6) is 0.633. The second-order valence-electron chi connectivity index (χ2n) is 4.54. The van der Waals surface area contributed by atoms with Crippen LogP contribution >= 0.6 is 11.6 Å². The number of hydrogen-bond acceptors (Lipinski definition) is 1. The normalized spacial score (nSPS) is 22.9. The molecule has 0 aromatic rings. The van der Waals surface area contributed by atoms with E-state index in [0.717, 1.165) is 25.9 Å². The van der Waals surface area contributed by atoms with E-state index in [4.69, 9.17) is 16.3 Å². The van der Waals surface area contributed by atoms with Crippen molar-refractivity contribution in [3.8, 4) is 0 Å². The van der Waals surface area contributed by atoms with Crippen LogP contribution in [0.25, 0.3) is 0 Å². The van der Waals surface area contributed by atoms with Crippen molar-refractivity contribution in [1.29, 1.82) is 0 Å². The first-order chi connectivity index (χ1) is 7.61. The standard InChI is InChI=1S/C14H21ClO/c1-11(5-4-6-12(2)9-15)7-14-8-13(3)10-16-14/h6-7,14H,3-5,8-10H2,1-2H3/b11-7+,12-6-/t14-/m1/s1. The van der Waals surface area contributed by atoms with Crippen molar-refractivity contribution in [3.63, 3.8) is 0 Å². The Morgan fingerprint density at radius 1 is 1.50 bits per heavy atom. The third-order valence-electron chi connectivity index (χ3n) is 2.70. The summed E-state index contributed by atoms with van der Waals surface area (Å²) in [6.45, 7) is 8.88. The van der Waals surface area contributed by atoms with Crippen molar-refractivity contribution >= 4 is 11.6 Å². The second-order valence-corrected chi connectivity index (χ2v) is 4.81. The van der Waals surface area contributed by atoms with E-state index < -0.39 is 0 Å². The molecule has 2 heteroatoms. The molecule has 0 aliphatic carbocycles. The van der Waals surface area contributed by atoms with Crippen molar-refractivity contribution in [3.05, 3.63) is 35.5 Å². The van der Waals surface area contributed by atoms with Gasteiger partial charge in [-0.25, -0.2) is 0 Å². The van der Waals surface area contributed by atoms with Crippen molar-refractivity contribution in [2.45, 2.75) is 39.2 Å². The third-order valence-corrected chi connectivity index (χ3v) is 3.13. The van der Waals surface area contributed by atoms with E-state index in [0.29, 0.717) is 5.88 Å². The summed E-state index contributed by atoms with van der Waals surface area (Å²) in [5, 5.41) is 0. The van der Waals surface area contributed by atoms with Crippen molar-refractivity contribution in [2.75, 3.05) is 12.5 Å². The zero-order valence-corrected chi connectivity index (χ0v) is 11.0. The van der Waals surface area contributed by atoms with E-state index in [1.54, 1.807) is 0 Å².